The van der Waals surface area contributed by atoms with Crippen molar-refractivity contribution < 1.29 is 14.3 Å². The molecule has 5 nitrogen and oxygen atoms in total. The minimum absolute atomic E-state index is 0.187. The molecule has 0 radical (unpaired) electrons. The molecule has 244 valence electrons. The SMILES string of the molecule is CCN(CC)c1ccc2c(c1)Oc1ccc(NC(c3cccc4ccccc34)c3cccc4ccccc34)cc1C21OC(=O)c2ccccc21. The maximum absolute atomic E-state index is 13.6. The van der Waals surface area contributed by atoms with Gasteiger partial charge < -0.3 is 19.7 Å². The molecule has 0 fully saturated rings. The predicted molar refractivity (Wildman–Crippen MR) is 202 cm³/mol. The van der Waals surface area contributed by atoms with Crippen molar-refractivity contribution in [2.45, 2.75) is 25.5 Å². The van der Waals surface area contributed by atoms with Crippen LogP contribution in [0, 0.1) is 0 Å². The fourth-order valence-electron chi connectivity index (χ4n) is 8.03. The molecule has 5 heteroatoms. The molecule has 0 bridgehead atoms. The highest BCUT2D eigenvalue weighted by molar-refractivity contribution is 5.97. The first-order valence-corrected chi connectivity index (χ1v) is 17.4. The van der Waals surface area contributed by atoms with Crippen LogP contribution in [0.5, 0.6) is 11.5 Å². The quantitative estimate of drug-likeness (QED) is 0.174. The topological polar surface area (TPSA) is 50.8 Å². The zero-order chi connectivity index (χ0) is 33.8. The van der Waals surface area contributed by atoms with Crippen molar-refractivity contribution in [3.8, 4) is 11.5 Å². The third-order valence-corrected chi connectivity index (χ3v) is 10.4. The predicted octanol–water partition coefficient (Wildman–Crippen LogP) is 10.6. The molecule has 1 atom stereocenters. The van der Waals surface area contributed by atoms with Gasteiger partial charge in [0.1, 0.15) is 11.5 Å². The van der Waals surface area contributed by atoms with E-state index in [1.165, 1.54) is 32.7 Å². The Bertz CT molecular complexity index is 2360. The van der Waals surface area contributed by atoms with Crippen molar-refractivity contribution in [2.24, 2.45) is 0 Å². The molecule has 0 aliphatic carbocycles. The third-order valence-electron chi connectivity index (χ3n) is 10.4. The van der Waals surface area contributed by atoms with Gasteiger partial charge in [-0.25, -0.2) is 4.79 Å². The number of fused-ring (bicyclic) bond motifs is 8. The number of anilines is 2. The van der Waals surface area contributed by atoms with E-state index in [2.05, 4.69) is 139 Å². The van der Waals surface area contributed by atoms with E-state index in [9.17, 15) is 4.79 Å². The van der Waals surface area contributed by atoms with Gasteiger partial charge in [-0.15, -0.1) is 0 Å². The van der Waals surface area contributed by atoms with Crippen LogP contribution in [-0.4, -0.2) is 19.1 Å². The number of carbonyl (C=O) groups is 1. The molecule has 50 heavy (non-hydrogen) atoms. The average Bonchev–Trinajstić information content (AvgIpc) is 3.46. The third kappa shape index (κ3) is 4.57. The molecular formula is C45H36N2O3. The lowest BCUT2D eigenvalue weighted by Crippen LogP contribution is -2.33. The number of rotatable bonds is 7. The molecule has 0 amide bonds. The standard InChI is InChI=1S/C45H36N2O3/c1-3-47(4-2)32-24-25-39-42(28-32)49-41-26-23-31(27-40(41)45(39)38-22-10-9-19-37(38)44(48)50-45)46-43(35-20-11-15-29-13-5-7-17-33(29)35)36-21-12-16-30-14-6-8-18-34(30)36/h5-28,43,46H,3-4H2,1-2H3. The van der Waals surface area contributed by atoms with Crippen molar-refractivity contribution in [1.29, 1.82) is 0 Å². The van der Waals surface area contributed by atoms with Gasteiger partial charge >= 0.3 is 5.97 Å². The van der Waals surface area contributed by atoms with Gasteiger partial charge in [-0.2, -0.15) is 0 Å². The van der Waals surface area contributed by atoms with E-state index in [-0.39, 0.29) is 12.0 Å². The monoisotopic (exact) mass is 652 g/mol. The van der Waals surface area contributed by atoms with Gasteiger partial charge in [0.2, 0.25) is 0 Å². The van der Waals surface area contributed by atoms with Crippen LogP contribution in [0.2, 0.25) is 0 Å². The highest BCUT2D eigenvalue weighted by atomic mass is 16.6. The van der Waals surface area contributed by atoms with Crippen LogP contribution >= 0.6 is 0 Å². The lowest BCUT2D eigenvalue weighted by atomic mass is 9.77. The first-order valence-electron chi connectivity index (χ1n) is 17.4. The number of ether oxygens (including phenoxy) is 2. The Morgan fingerprint density at radius 1 is 0.620 bits per heavy atom. The Hall–Kier alpha value is -6.07. The van der Waals surface area contributed by atoms with Crippen LogP contribution in [0.3, 0.4) is 0 Å². The van der Waals surface area contributed by atoms with E-state index in [1.54, 1.807) is 0 Å². The van der Waals surface area contributed by atoms with Crippen molar-refractivity contribution >= 4 is 38.9 Å². The van der Waals surface area contributed by atoms with Crippen LogP contribution < -0.4 is 15.0 Å². The minimum Gasteiger partial charge on any atom is -0.456 e. The molecular weight excluding hydrogens is 617 g/mol. The largest absolute Gasteiger partial charge is 0.456 e. The van der Waals surface area contributed by atoms with E-state index in [0.717, 1.165) is 41.2 Å². The number of esters is 1. The van der Waals surface area contributed by atoms with Crippen molar-refractivity contribution in [2.75, 3.05) is 23.3 Å². The highest BCUT2D eigenvalue weighted by Gasteiger charge is 2.53. The second-order valence-corrected chi connectivity index (χ2v) is 13.0. The van der Waals surface area contributed by atoms with Crippen LogP contribution in [0.1, 0.15) is 58.1 Å². The number of nitrogens with zero attached hydrogens (tertiary/aromatic N) is 1. The van der Waals surface area contributed by atoms with E-state index in [4.69, 9.17) is 9.47 Å². The molecule has 2 aliphatic rings. The van der Waals surface area contributed by atoms with Crippen LogP contribution in [0.25, 0.3) is 21.5 Å². The number of nitrogens with one attached hydrogen (secondary N) is 1. The van der Waals surface area contributed by atoms with E-state index in [0.29, 0.717) is 17.1 Å². The van der Waals surface area contributed by atoms with Crippen LogP contribution in [0.15, 0.2) is 146 Å². The molecule has 0 saturated heterocycles. The summed E-state index contributed by atoms with van der Waals surface area (Å²) in [6, 6.07) is 50.0. The number of benzene rings is 7. The molecule has 7 aromatic rings. The number of hydrogen-bond acceptors (Lipinski definition) is 5. The molecule has 9 rings (SSSR count). The lowest BCUT2D eigenvalue weighted by Gasteiger charge is -2.37. The summed E-state index contributed by atoms with van der Waals surface area (Å²) in [4.78, 5) is 15.9. The Morgan fingerprint density at radius 3 is 1.96 bits per heavy atom. The molecule has 0 aromatic heterocycles. The maximum Gasteiger partial charge on any atom is 0.340 e. The summed E-state index contributed by atoms with van der Waals surface area (Å²) < 4.78 is 13.2. The van der Waals surface area contributed by atoms with Gasteiger partial charge in [0.15, 0.2) is 5.60 Å². The number of hydrogen-bond donors (Lipinski definition) is 1. The second kappa shape index (κ2) is 11.8. The van der Waals surface area contributed by atoms with E-state index >= 15 is 0 Å². The molecule has 2 aliphatic heterocycles. The van der Waals surface area contributed by atoms with Crippen LogP contribution in [-0.2, 0) is 10.3 Å². The van der Waals surface area contributed by atoms with Gasteiger partial charge in [-0.05, 0) is 82.9 Å². The van der Waals surface area contributed by atoms with Gasteiger partial charge in [0, 0.05) is 47.2 Å². The first-order chi connectivity index (χ1) is 24.6. The van der Waals surface area contributed by atoms with Crippen molar-refractivity contribution in [3.05, 3.63) is 179 Å². The Balaban J connectivity index is 1.23. The summed E-state index contributed by atoms with van der Waals surface area (Å²) in [5.41, 5.74) is 6.15. The molecule has 7 aromatic carbocycles. The van der Waals surface area contributed by atoms with Gasteiger partial charge in [0.25, 0.3) is 0 Å². The highest BCUT2D eigenvalue weighted by Crippen LogP contribution is 2.57. The summed E-state index contributed by atoms with van der Waals surface area (Å²) in [6.45, 7) is 6.04. The Labute approximate surface area is 291 Å². The zero-order valence-electron chi connectivity index (χ0n) is 28.0. The molecule has 1 N–H and O–H groups in total. The summed E-state index contributed by atoms with van der Waals surface area (Å²) >= 11 is 0. The Morgan fingerprint density at radius 2 is 1.26 bits per heavy atom. The van der Waals surface area contributed by atoms with Gasteiger partial charge in [-0.1, -0.05) is 103 Å². The summed E-state index contributed by atoms with van der Waals surface area (Å²) in [5, 5.41) is 8.70. The van der Waals surface area contributed by atoms with Gasteiger partial charge in [0.05, 0.1) is 11.6 Å². The average molecular weight is 653 g/mol. The summed E-state index contributed by atoms with van der Waals surface area (Å²) in [6.07, 6.45) is 0. The van der Waals surface area contributed by atoms with Gasteiger partial charge in [-0.3, -0.25) is 0 Å². The minimum atomic E-state index is -1.16. The molecule has 2 heterocycles. The summed E-state index contributed by atoms with van der Waals surface area (Å²) in [5.74, 6) is 1.02. The van der Waals surface area contributed by atoms with E-state index < -0.39 is 5.60 Å². The smallest absolute Gasteiger partial charge is 0.340 e. The number of carbonyl (C=O) groups excluding carboxylic acids is 1. The van der Waals surface area contributed by atoms with Crippen molar-refractivity contribution in [1.82, 2.24) is 0 Å². The normalized spacial score (nSPS) is 15.8. The fourth-order valence-corrected chi connectivity index (χ4v) is 8.03. The lowest BCUT2D eigenvalue weighted by molar-refractivity contribution is 0.0224. The Kier molecular flexibility index (Phi) is 7.09. The molecule has 1 unspecified atom stereocenters. The molecule has 0 saturated carbocycles. The maximum atomic E-state index is 13.6. The second-order valence-electron chi connectivity index (χ2n) is 13.0. The fraction of sp³-hybridized carbons (Fsp3) is 0.133. The van der Waals surface area contributed by atoms with Crippen molar-refractivity contribution in [3.63, 3.8) is 0 Å². The van der Waals surface area contributed by atoms with Crippen LogP contribution in [0.4, 0.5) is 11.4 Å². The summed E-state index contributed by atoms with van der Waals surface area (Å²) in [7, 11) is 0. The van der Waals surface area contributed by atoms with E-state index in [1.807, 2.05) is 30.3 Å². The zero-order valence-corrected chi connectivity index (χ0v) is 28.0. The molecule has 1 spiro atoms. The first kappa shape index (κ1) is 30.0.